The number of hydrogen-bond acceptors (Lipinski definition) is 12. The maximum atomic E-state index is 14.6. The van der Waals surface area contributed by atoms with Crippen LogP contribution in [-0.2, 0) is 13.1 Å². The number of β-amino-alcohol motifs (C(OH)–C–C–N with tert-alkyl or cyclic N) is 2. The van der Waals surface area contributed by atoms with Gasteiger partial charge in [0.1, 0.15) is 36.2 Å². The molecule has 10 rings (SSSR count). The summed E-state index contributed by atoms with van der Waals surface area (Å²) in [6.07, 6.45) is -1.06. The Morgan fingerprint density at radius 2 is 1.06 bits per heavy atom. The van der Waals surface area contributed by atoms with Gasteiger partial charge in [-0.2, -0.15) is 20.7 Å². The largest absolute Gasteiger partial charge is 0.388 e. The number of nitriles is 2. The number of aliphatic hydroxyl groups is 2. The Morgan fingerprint density at radius 3 is 1.45 bits per heavy atom. The fourth-order valence-electron chi connectivity index (χ4n) is 8.25. The molecule has 4 aliphatic heterocycles. The van der Waals surface area contributed by atoms with Crippen molar-refractivity contribution in [1.82, 2.24) is 40.2 Å². The lowest BCUT2D eigenvalue weighted by Gasteiger charge is -2.32. The maximum Gasteiger partial charge on any atom is 0.255 e. The number of carbonyl (C=O) groups excluding carboxylic acids is 2. The number of hydrogen-bond donors (Lipinski definition) is 4. The van der Waals surface area contributed by atoms with E-state index in [0.717, 1.165) is 0 Å². The SMILES string of the molecule is N#Cc1cccc(F)c1-c1cc(-n2ccc(N3CCC(F)C(O)C3)n2)c2c(n1)CNC2=O.N#Cc1cccc(F)c1-c1cc(-n2ccc(N3CC[C@@H](F)[C@@H](O)C3)n2)c2c(n1)CNC2=O. The molecule has 2 saturated heterocycles. The van der Waals surface area contributed by atoms with E-state index in [0.29, 0.717) is 58.6 Å². The van der Waals surface area contributed by atoms with Crippen LogP contribution in [0.3, 0.4) is 0 Å². The minimum absolute atomic E-state index is 0.0546. The number of amides is 2. The number of aliphatic hydroxyl groups excluding tert-OH is 2. The third-order valence-electron chi connectivity index (χ3n) is 11.5. The number of nitrogens with zero attached hydrogens (tertiary/aromatic N) is 10. The van der Waals surface area contributed by atoms with E-state index in [9.17, 15) is 47.9 Å². The summed E-state index contributed by atoms with van der Waals surface area (Å²) in [7, 11) is 0. The fraction of sp³-hybridized carbons (Fsp3) is 0.273. The molecule has 0 radical (unpaired) electrons. The summed E-state index contributed by atoms with van der Waals surface area (Å²) in [4.78, 5) is 37.4. The van der Waals surface area contributed by atoms with Gasteiger partial charge in [-0.25, -0.2) is 36.9 Å². The van der Waals surface area contributed by atoms with Crippen LogP contribution in [0.5, 0.6) is 0 Å². The van der Waals surface area contributed by atoms with E-state index in [2.05, 4.69) is 30.8 Å². The number of piperidine rings is 2. The fourth-order valence-corrected chi connectivity index (χ4v) is 8.25. The summed E-state index contributed by atoms with van der Waals surface area (Å²) in [5.74, 6) is -0.800. The van der Waals surface area contributed by atoms with Gasteiger partial charge in [-0.1, -0.05) is 12.1 Å². The van der Waals surface area contributed by atoms with Gasteiger partial charge in [0.05, 0.1) is 92.8 Å². The number of pyridine rings is 2. The highest BCUT2D eigenvalue weighted by Gasteiger charge is 2.33. The van der Waals surface area contributed by atoms with Crippen LogP contribution in [0, 0.1) is 34.3 Å². The van der Waals surface area contributed by atoms with Gasteiger partial charge in [-0.15, -0.1) is 0 Å². The summed E-state index contributed by atoms with van der Waals surface area (Å²) in [6, 6.07) is 18.8. The molecule has 6 aromatic rings. The Labute approximate surface area is 361 Å². The lowest BCUT2D eigenvalue weighted by molar-refractivity contribution is 0.0642. The molecule has 4 aliphatic rings. The third-order valence-corrected chi connectivity index (χ3v) is 11.5. The molecule has 16 nitrogen and oxygen atoms in total. The van der Waals surface area contributed by atoms with Gasteiger partial charge in [0.25, 0.3) is 11.8 Å². The van der Waals surface area contributed by atoms with Crippen molar-refractivity contribution in [3.63, 3.8) is 0 Å². The van der Waals surface area contributed by atoms with Gasteiger partial charge in [-0.3, -0.25) is 9.59 Å². The van der Waals surface area contributed by atoms with E-state index in [1.165, 1.54) is 57.9 Å². The molecule has 4 N–H and O–H groups in total. The Hall–Kier alpha value is -7.68. The lowest BCUT2D eigenvalue weighted by Crippen LogP contribution is -2.45. The van der Waals surface area contributed by atoms with Gasteiger partial charge in [0, 0.05) is 50.7 Å². The second kappa shape index (κ2) is 16.9. The Kier molecular flexibility index (Phi) is 11.0. The average molecular weight is 873 g/mol. The molecule has 0 bridgehead atoms. The smallest absolute Gasteiger partial charge is 0.255 e. The summed E-state index contributed by atoms with van der Waals surface area (Å²) >= 11 is 0. The van der Waals surface area contributed by atoms with Crippen LogP contribution in [0.4, 0.5) is 29.2 Å². The summed E-state index contributed by atoms with van der Waals surface area (Å²) < 4.78 is 59.5. The minimum Gasteiger partial charge on any atom is -0.388 e. The van der Waals surface area contributed by atoms with Crippen molar-refractivity contribution in [2.75, 3.05) is 36.0 Å². The number of benzene rings is 2. The predicted octanol–water partition coefficient (Wildman–Crippen LogP) is 4.20. The summed E-state index contributed by atoms with van der Waals surface area (Å²) in [5.41, 5.74) is 3.08. The number of fused-ring (bicyclic) bond motifs is 2. The van der Waals surface area contributed by atoms with Crippen molar-refractivity contribution in [2.24, 2.45) is 0 Å². The molecule has 8 heterocycles. The molecule has 0 saturated carbocycles. The number of anilines is 2. The van der Waals surface area contributed by atoms with Crippen molar-refractivity contribution < 1.29 is 37.4 Å². The van der Waals surface area contributed by atoms with Crippen molar-refractivity contribution in [2.45, 2.75) is 50.5 Å². The molecular weight excluding hydrogens is 837 g/mol. The van der Waals surface area contributed by atoms with Crippen LogP contribution in [0.1, 0.15) is 56.1 Å². The van der Waals surface area contributed by atoms with Crippen molar-refractivity contribution in [1.29, 1.82) is 10.5 Å². The molecular formula is C44H36F4N12O4. The number of alkyl halides is 2. The first kappa shape index (κ1) is 41.7. The zero-order valence-electron chi connectivity index (χ0n) is 33.6. The van der Waals surface area contributed by atoms with E-state index < -0.39 is 36.2 Å². The first-order valence-corrected chi connectivity index (χ1v) is 20.2. The zero-order valence-corrected chi connectivity index (χ0v) is 33.6. The van der Waals surface area contributed by atoms with E-state index in [4.69, 9.17) is 0 Å². The van der Waals surface area contributed by atoms with Crippen molar-refractivity contribution in [3.8, 4) is 46.0 Å². The van der Waals surface area contributed by atoms with Crippen LogP contribution in [0.15, 0.2) is 73.1 Å². The molecule has 2 fully saturated rings. The first-order valence-electron chi connectivity index (χ1n) is 20.2. The highest BCUT2D eigenvalue weighted by atomic mass is 19.1. The van der Waals surface area contributed by atoms with Gasteiger partial charge >= 0.3 is 0 Å². The quantitative estimate of drug-likeness (QED) is 0.174. The van der Waals surface area contributed by atoms with Crippen LogP contribution in [-0.4, -0.2) is 102 Å². The molecule has 4 aromatic heterocycles. The van der Waals surface area contributed by atoms with Gasteiger partial charge in [0.15, 0.2) is 11.6 Å². The highest BCUT2D eigenvalue weighted by Crippen LogP contribution is 2.34. The van der Waals surface area contributed by atoms with Crippen LogP contribution in [0.25, 0.3) is 33.9 Å². The number of carbonyl (C=O) groups is 2. The highest BCUT2D eigenvalue weighted by molar-refractivity contribution is 6.02. The van der Waals surface area contributed by atoms with E-state index in [1.807, 2.05) is 12.1 Å². The lowest BCUT2D eigenvalue weighted by atomic mass is 10.0. The van der Waals surface area contributed by atoms with Gasteiger partial charge in [0.2, 0.25) is 0 Å². The Morgan fingerprint density at radius 1 is 0.641 bits per heavy atom. The molecule has 64 heavy (non-hydrogen) atoms. The molecule has 2 aromatic carbocycles. The number of nitrogens with one attached hydrogen (secondary N) is 2. The van der Waals surface area contributed by atoms with Crippen LogP contribution < -0.4 is 20.4 Å². The van der Waals surface area contributed by atoms with Gasteiger partial charge < -0.3 is 30.6 Å². The van der Waals surface area contributed by atoms with Gasteiger partial charge in [-0.05, 0) is 49.2 Å². The molecule has 4 atom stereocenters. The molecule has 0 spiro atoms. The molecule has 2 amide bonds. The second-order valence-corrected chi connectivity index (χ2v) is 15.5. The van der Waals surface area contributed by atoms with E-state index in [-0.39, 0.29) is 84.5 Å². The summed E-state index contributed by atoms with van der Waals surface area (Å²) in [5, 5.41) is 53.0. The van der Waals surface area contributed by atoms with E-state index >= 15 is 0 Å². The van der Waals surface area contributed by atoms with Crippen LogP contribution >= 0.6 is 0 Å². The summed E-state index contributed by atoms with van der Waals surface area (Å²) in [6.45, 7) is 1.37. The standard InChI is InChI=1S/2C22H18F2N6O2/c2*23-13-4-6-29(11-18(13)31)19-5-7-30(28-19)17-8-15(27-16-10-26-22(32)21(16)17)20-12(9-25)2-1-3-14(20)24/h2*1-3,5,7-8,13,18,31H,4,6,10-11H2,(H,26,32)/t13-,18+;/m1./s1. The molecule has 324 valence electrons. The van der Waals surface area contributed by atoms with Crippen LogP contribution in [0.2, 0.25) is 0 Å². The Balaban J connectivity index is 0.000000162. The normalized spacial score (nSPS) is 20.1. The number of halogens is 4. The van der Waals surface area contributed by atoms with Crippen molar-refractivity contribution in [3.05, 3.63) is 118 Å². The average Bonchev–Trinajstić information content (AvgIpc) is 4.13. The molecule has 0 aliphatic carbocycles. The first-order chi connectivity index (χ1) is 30.9. The second-order valence-electron chi connectivity index (χ2n) is 15.5. The zero-order chi connectivity index (χ0) is 44.8. The monoisotopic (exact) mass is 872 g/mol. The molecule has 2 unspecified atom stereocenters. The minimum atomic E-state index is -1.27. The Bertz CT molecular complexity index is 2730. The predicted molar refractivity (Wildman–Crippen MR) is 221 cm³/mol. The van der Waals surface area contributed by atoms with E-state index in [1.54, 1.807) is 34.3 Å². The molecule has 20 heteroatoms. The maximum absolute atomic E-state index is 14.6. The van der Waals surface area contributed by atoms with Crippen molar-refractivity contribution >= 4 is 23.5 Å². The number of rotatable bonds is 6. The third kappa shape index (κ3) is 7.62. The number of aromatic nitrogens is 6. The topological polar surface area (TPSA) is 214 Å².